The Bertz CT molecular complexity index is 514. The molecule has 18 heavy (non-hydrogen) atoms. The fraction of sp³-hybridized carbons (Fsp3) is 0.556. The number of hydrogen-bond donors (Lipinski definition) is 5. The van der Waals surface area contributed by atoms with Crippen LogP contribution in [0.3, 0.4) is 0 Å². The summed E-state index contributed by atoms with van der Waals surface area (Å²) in [5, 5.41) is 28.1. The molecule has 0 unspecified atom stereocenters. The second-order valence-corrected chi connectivity index (χ2v) is 3.79. The van der Waals surface area contributed by atoms with E-state index in [0.717, 1.165) is 6.20 Å². The Morgan fingerprint density at radius 2 is 1.94 bits per heavy atom. The van der Waals surface area contributed by atoms with Crippen LogP contribution in [0.4, 0.5) is 0 Å². The molecule has 4 radical (unpaired) electrons. The Balaban J connectivity index is 0.00000162. The summed E-state index contributed by atoms with van der Waals surface area (Å²) in [6, 6.07) is 0. The van der Waals surface area contributed by atoms with Crippen LogP contribution in [0.1, 0.15) is 11.7 Å². The van der Waals surface area contributed by atoms with Crippen LogP contribution >= 0.6 is 0 Å². The molecule has 9 heteroatoms. The summed E-state index contributed by atoms with van der Waals surface area (Å²) in [5.74, 6) is 0. The van der Waals surface area contributed by atoms with Crippen molar-refractivity contribution in [2.24, 2.45) is 0 Å². The van der Waals surface area contributed by atoms with Crippen molar-refractivity contribution < 1.29 is 20.1 Å². The molecule has 8 nitrogen and oxygen atoms in total. The molecule has 98 valence electrons. The summed E-state index contributed by atoms with van der Waals surface area (Å²) < 4.78 is 5.15. The Kier molecular flexibility index (Phi) is 5.10. The van der Waals surface area contributed by atoms with E-state index in [-0.39, 0.29) is 29.5 Å². The van der Waals surface area contributed by atoms with Crippen LogP contribution in [0.25, 0.3) is 0 Å². The number of aliphatic hydroxyl groups excluding tert-OH is 3. The zero-order chi connectivity index (χ0) is 12.6. The first-order chi connectivity index (χ1) is 8.04. The Labute approximate surface area is 118 Å². The van der Waals surface area contributed by atoms with Crippen LogP contribution in [0.5, 0.6) is 0 Å². The number of aliphatic hydroxyl groups is 3. The minimum Gasteiger partial charge on any atom is -0.394 e. The normalized spacial score (nSPS) is 31.1. The molecule has 0 aromatic carbocycles. The van der Waals surface area contributed by atoms with Crippen LogP contribution in [0, 0.1) is 0 Å². The minimum absolute atomic E-state index is 0. The van der Waals surface area contributed by atoms with E-state index in [9.17, 15) is 19.8 Å². The molecule has 0 spiro atoms. The van der Waals surface area contributed by atoms with Crippen molar-refractivity contribution in [3.63, 3.8) is 0 Å². The van der Waals surface area contributed by atoms with E-state index in [1.165, 1.54) is 0 Å². The van der Waals surface area contributed by atoms with Crippen molar-refractivity contribution in [1.82, 2.24) is 9.97 Å². The minimum atomic E-state index is -1.33. The molecule has 0 amide bonds. The molecule has 0 bridgehead atoms. The third kappa shape index (κ3) is 2.67. The monoisotopic (exact) mass is 364 g/mol. The van der Waals surface area contributed by atoms with Crippen molar-refractivity contribution in [2.75, 3.05) is 6.61 Å². The summed E-state index contributed by atoms with van der Waals surface area (Å²) in [6.07, 6.45) is -3.54. The van der Waals surface area contributed by atoms with Gasteiger partial charge in [-0.25, -0.2) is 4.79 Å². The molecule has 5 N–H and O–H groups in total. The standard InChI is InChI=1S/C9H12N2O6.Sn/c12-2-4-5(13)6(14)7(17-4)3-1-10-9(16)11-8(3)15;/h1,4-7,12-14H,2H2,(H2,10,11,15,16);/t4-,5-,6-,7+;/m1./s1. The van der Waals surface area contributed by atoms with Crippen molar-refractivity contribution in [3.8, 4) is 0 Å². The van der Waals surface area contributed by atoms with E-state index < -0.39 is 42.3 Å². The van der Waals surface area contributed by atoms with Gasteiger partial charge in [0.25, 0.3) is 5.56 Å². The fourth-order valence-electron chi connectivity index (χ4n) is 1.79. The van der Waals surface area contributed by atoms with E-state index in [4.69, 9.17) is 9.84 Å². The number of rotatable bonds is 2. The van der Waals surface area contributed by atoms with Gasteiger partial charge in [-0.15, -0.1) is 0 Å². The second kappa shape index (κ2) is 5.97. The number of aromatic amines is 2. The zero-order valence-electron chi connectivity index (χ0n) is 9.16. The predicted molar refractivity (Wildman–Crippen MR) is 60.2 cm³/mol. The van der Waals surface area contributed by atoms with E-state index in [1.807, 2.05) is 4.98 Å². The van der Waals surface area contributed by atoms with Crippen molar-refractivity contribution in [1.29, 1.82) is 0 Å². The van der Waals surface area contributed by atoms with E-state index in [1.54, 1.807) is 0 Å². The maximum atomic E-state index is 11.5. The molecule has 2 rings (SSSR count). The van der Waals surface area contributed by atoms with Gasteiger partial charge in [0.05, 0.1) is 12.2 Å². The van der Waals surface area contributed by atoms with E-state index in [0.29, 0.717) is 0 Å². The first kappa shape index (κ1) is 15.4. The van der Waals surface area contributed by atoms with Crippen molar-refractivity contribution >= 4 is 23.9 Å². The van der Waals surface area contributed by atoms with Gasteiger partial charge in [0.15, 0.2) is 0 Å². The molecular weight excluding hydrogens is 351 g/mol. The quantitative estimate of drug-likeness (QED) is 0.352. The summed E-state index contributed by atoms with van der Waals surface area (Å²) in [7, 11) is 0. The summed E-state index contributed by atoms with van der Waals surface area (Å²) in [4.78, 5) is 26.5. The van der Waals surface area contributed by atoms with Gasteiger partial charge in [-0.05, 0) is 0 Å². The zero-order valence-corrected chi connectivity index (χ0v) is 12.0. The number of H-pyrrole nitrogens is 2. The molecule has 1 saturated heterocycles. The fourth-order valence-corrected chi connectivity index (χ4v) is 1.79. The number of hydrogen-bond acceptors (Lipinski definition) is 6. The number of aromatic nitrogens is 2. The third-order valence-corrected chi connectivity index (χ3v) is 2.70. The van der Waals surface area contributed by atoms with Gasteiger partial charge in [0, 0.05) is 30.1 Å². The SMILES string of the molecule is O=c1[nH]cc([C@@H]2O[C@H](CO)[C@@H](O)[C@H]2O)c(=O)[nH]1.[Sn]. The smallest absolute Gasteiger partial charge is 0.325 e. The van der Waals surface area contributed by atoms with Crippen LogP contribution in [-0.2, 0) is 4.74 Å². The van der Waals surface area contributed by atoms with Gasteiger partial charge < -0.3 is 25.0 Å². The van der Waals surface area contributed by atoms with Gasteiger partial charge in [0.2, 0.25) is 0 Å². The van der Waals surface area contributed by atoms with Crippen LogP contribution in [0.2, 0.25) is 0 Å². The third-order valence-electron chi connectivity index (χ3n) is 2.70. The Hall–Kier alpha value is -0.681. The van der Waals surface area contributed by atoms with Crippen LogP contribution in [0.15, 0.2) is 15.8 Å². The average Bonchev–Trinajstić information content (AvgIpc) is 2.57. The summed E-state index contributed by atoms with van der Waals surface area (Å²) >= 11 is 0. The topological polar surface area (TPSA) is 136 Å². The number of nitrogens with one attached hydrogen (secondary N) is 2. The van der Waals surface area contributed by atoms with Gasteiger partial charge >= 0.3 is 5.69 Å². The first-order valence-electron chi connectivity index (χ1n) is 4.99. The van der Waals surface area contributed by atoms with Crippen LogP contribution in [-0.4, -0.2) is 74.1 Å². The largest absolute Gasteiger partial charge is 0.394 e. The maximum absolute atomic E-state index is 11.5. The van der Waals surface area contributed by atoms with Gasteiger partial charge in [-0.3, -0.25) is 9.78 Å². The Morgan fingerprint density at radius 1 is 1.28 bits per heavy atom. The van der Waals surface area contributed by atoms with E-state index >= 15 is 0 Å². The number of ether oxygens (including phenoxy) is 1. The molecule has 2 heterocycles. The van der Waals surface area contributed by atoms with Crippen molar-refractivity contribution in [3.05, 3.63) is 32.6 Å². The van der Waals surface area contributed by atoms with Gasteiger partial charge in [-0.1, -0.05) is 0 Å². The average molecular weight is 363 g/mol. The molecule has 4 atom stereocenters. The van der Waals surface area contributed by atoms with Crippen LogP contribution < -0.4 is 11.2 Å². The summed E-state index contributed by atoms with van der Waals surface area (Å²) in [5.41, 5.74) is -1.39. The first-order valence-corrected chi connectivity index (χ1v) is 4.99. The molecule has 0 aliphatic carbocycles. The molecule has 1 fully saturated rings. The summed E-state index contributed by atoms with van der Waals surface area (Å²) in [6.45, 7) is -0.476. The van der Waals surface area contributed by atoms with Crippen molar-refractivity contribution in [2.45, 2.75) is 24.4 Å². The van der Waals surface area contributed by atoms with Gasteiger partial charge in [-0.2, -0.15) is 0 Å². The molecule has 1 aromatic rings. The molecular formula is C9H12N2O6Sn. The second-order valence-electron chi connectivity index (χ2n) is 3.79. The molecule has 1 aliphatic heterocycles. The van der Waals surface area contributed by atoms with Gasteiger partial charge in [0.1, 0.15) is 24.4 Å². The maximum Gasteiger partial charge on any atom is 0.325 e. The molecule has 0 saturated carbocycles. The van der Waals surface area contributed by atoms with E-state index in [2.05, 4.69) is 4.98 Å². The molecule has 1 aliphatic rings. The molecule has 1 aromatic heterocycles. The Morgan fingerprint density at radius 3 is 2.44 bits per heavy atom. The predicted octanol–water partition coefficient (Wildman–Crippen LogP) is -3.16.